The molecular weight excluding hydrogens is 324 g/mol. The highest BCUT2D eigenvalue weighted by Crippen LogP contribution is 2.33. The molecule has 1 saturated heterocycles. The van der Waals surface area contributed by atoms with Gasteiger partial charge in [0.1, 0.15) is 0 Å². The first-order chi connectivity index (χ1) is 11.3. The van der Waals surface area contributed by atoms with Crippen molar-refractivity contribution in [3.63, 3.8) is 0 Å². The Hall–Kier alpha value is -1.17. The second-order valence-electron chi connectivity index (χ2n) is 6.43. The Morgan fingerprint density at radius 2 is 2.22 bits per heavy atom. The summed E-state index contributed by atoms with van der Waals surface area (Å²) in [7, 11) is 0. The summed E-state index contributed by atoms with van der Waals surface area (Å²) < 4.78 is 0. The van der Waals surface area contributed by atoms with Gasteiger partial charge < -0.3 is 4.90 Å². The van der Waals surface area contributed by atoms with E-state index in [1.165, 1.54) is 28.8 Å². The van der Waals surface area contributed by atoms with Gasteiger partial charge in [-0.1, -0.05) is 0 Å². The first kappa shape index (κ1) is 15.4. The fourth-order valence-electron chi connectivity index (χ4n) is 3.79. The van der Waals surface area contributed by atoms with Crippen molar-refractivity contribution < 1.29 is 4.79 Å². The van der Waals surface area contributed by atoms with E-state index in [2.05, 4.69) is 33.2 Å². The zero-order valence-corrected chi connectivity index (χ0v) is 14.9. The van der Waals surface area contributed by atoms with E-state index >= 15 is 0 Å². The minimum absolute atomic E-state index is 0.317. The summed E-state index contributed by atoms with van der Waals surface area (Å²) in [6.07, 6.45) is 4.16. The van der Waals surface area contributed by atoms with Crippen molar-refractivity contribution in [2.75, 3.05) is 19.6 Å². The van der Waals surface area contributed by atoms with E-state index in [-0.39, 0.29) is 0 Å². The summed E-state index contributed by atoms with van der Waals surface area (Å²) in [5, 5.41) is 6.56. The van der Waals surface area contributed by atoms with E-state index in [9.17, 15) is 4.79 Å². The lowest BCUT2D eigenvalue weighted by Crippen LogP contribution is -2.37. The fourth-order valence-corrected chi connectivity index (χ4v) is 5.39. The third-order valence-electron chi connectivity index (χ3n) is 5.06. The maximum Gasteiger partial charge on any atom is 0.224 e. The number of fused-ring (bicyclic) bond motifs is 1. The Labute approximate surface area is 145 Å². The van der Waals surface area contributed by atoms with E-state index in [0.29, 0.717) is 18.4 Å². The second kappa shape index (κ2) is 6.75. The molecule has 0 N–H and O–H groups in total. The minimum Gasteiger partial charge on any atom is -0.338 e. The van der Waals surface area contributed by atoms with Gasteiger partial charge in [0.2, 0.25) is 5.91 Å². The molecule has 0 aromatic carbocycles. The van der Waals surface area contributed by atoms with Crippen LogP contribution in [-0.2, 0) is 17.8 Å². The molecule has 2 aromatic heterocycles. The second-order valence-corrected chi connectivity index (χ2v) is 8.22. The first-order valence-electron chi connectivity index (χ1n) is 8.40. The van der Waals surface area contributed by atoms with Gasteiger partial charge in [-0.25, -0.2) is 0 Å². The molecule has 0 bridgehead atoms. The van der Waals surface area contributed by atoms with Gasteiger partial charge in [0.25, 0.3) is 0 Å². The van der Waals surface area contributed by atoms with Gasteiger partial charge in [-0.15, -0.1) is 11.3 Å². The zero-order chi connectivity index (χ0) is 15.6. The third-order valence-corrected chi connectivity index (χ3v) is 6.79. The number of likely N-dealkylation sites (tertiary alicyclic amines) is 1. The van der Waals surface area contributed by atoms with E-state index in [1.807, 2.05) is 16.2 Å². The monoisotopic (exact) mass is 346 g/mol. The van der Waals surface area contributed by atoms with Crippen molar-refractivity contribution in [1.82, 2.24) is 9.80 Å². The predicted octanol–water partition coefficient (Wildman–Crippen LogP) is 3.92. The molecule has 0 radical (unpaired) electrons. The van der Waals surface area contributed by atoms with Crippen LogP contribution in [0.1, 0.15) is 41.3 Å². The van der Waals surface area contributed by atoms with Gasteiger partial charge in [0, 0.05) is 37.0 Å². The number of amides is 1. The van der Waals surface area contributed by atoms with Crippen molar-refractivity contribution in [2.24, 2.45) is 0 Å². The molecule has 4 rings (SSSR count). The Morgan fingerprint density at radius 1 is 1.26 bits per heavy atom. The quantitative estimate of drug-likeness (QED) is 0.838. The summed E-state index contributed by atoms with van der Waals surface area (Å²) in [4.78, 5) is 18.6. The smallest absolute Gasteiger partial charge is 0.224 e. The lowest BCUT2D eigenvalue weighted by molar-refractivity contribution is -0.132. The summed E-state index contributed by atoms with van der Waals surface area (Å²) in [6, 6.07) is 4.93. The Kier molecular flexibility index (Phi) is 4.51. The summed E-state index contributed by atoms with van der Waals surface area (Å²) in [6.45, 7) is 3.72. The molecule has 122 valence electrons. The number of hydrogen-bond acceptors (Lipinski definition) is 4. The molecule has 4 heterocycles. The summed E-state index contributed by atoms with van der Waals surface area (Å²) in [5.74, 6) is 0.317. The standard InChI is InChI=1S/C18H22N2OS2/c21-18(20-8-3-17-14(12-20)6-11-23-17)4-9-19-7-1-2-16(19)15-5-10-22-13-15/h5-6,10-11,13,16H,1-4,7-9,12H2/t16-/m0/s1. The van der Waals surface area contributed by atoms with Crippen molar-refractivity contribution in [2.45, 2.75) is 38.3 Å². The highest BCUT2D eigenvalue weighted by molar-refractivity contribution is 7.10. The van der Waals surface area contributed by atoms with E-state index in [1.54, 1.807) is 11.3 Å². The largest absolute Gasteiger partial charge is 0.338 e. The molecule has 2 aliphatic heterocycles. The molecule has 1 fully saturated rings. The van der Waals surface area contributed by atoms with Crippen LogP contribution in [-0.4, -0.2) is 35.3 Å². The van der Waals surface area contributed by atoms with Crippen LogP contribution in [0.3, 0.4) is 0 Å². The molecule has 0 unspecified atom stereocenters. The Bertz CT molecular complexity index is 664. The van der Waals surface area contributed by atoms with Gasteiger partial charge in [-0.2, -0.15) is 11.3 Å². The zero-order valence-electron chi connectivity index (χ0n) is 13.2. The number of carbonyl (C=O) groups excluding carboxylic acids is 1. The Balaban J connectivity index is 1.33. The van der Waals surface area contributed by atoms with Gasteiger partial charge in [0.05, 0.1) is 0 Å². The highest BCUT2D eigenvalue weighted by Gasteiger charge is 2.27. The number of thiophene rings is 2. The SMILES string of the molecule is O=C(CCN1CCC[C@H]1c1ccsc1)N1CCc2sccc2C1. The van der Waals surface area contributed by atoms with Crippen molar-refractivity contribution in [3.05, 3.63) is 44.3 Å². The van der Waals surface area contributed by atoms with Crippen LogP contribution < -0.4 is 0 Å². The van der Waals surface area contributed by atoms with Crippen LogP contribution in [0.15, 0.2) is 28.3 Å². The number of hydrogen-bond donors (Lipinski definition) is 0. The normalized spacial score (nSPS) is 21.6. The summed E-state index contributed by atoms with van der Waals surface area (Å²) >= 11 is 3.60. The minimum atomic E-state index is 0.317. The molecule has 0 aliphatic carbocycles. The number of rotatable bonds is 4. The van der Waals surface area contributed by atoms with Crippen molar-refractivity contribution in [3.8, 4) is 0 Å². The third kappa shape index (κ3) is 3.23. The molecule has 1 amide bonds. The van der Waals surface area contributed by atoms with Crippen LogP contribution in [0.25, 0.3) is 0 Å². The molecular formula is C18H22N2OS2. The fraction of sp³-hybridized carbons (Fsp3) is 0.500. The van der Waals surface area contributed by atoms with Crippen LogP contribution >= 0.6 is 22.7 Å². The predicted molar refractivity (Wildman–Crippen MR) is 95.9 cm³/mol. The Morgan fingerprint density at radius 3 is 3.09 bits per heavy atom. The highest BCUT2D eigenvalue weighted by atomic mass is 32.1. The maximum atomic E-state index is 12.6. The van der Waals surface area contributed by atoms with Crippen molar-refractivity contribution >= 4 is 28.6 Å². The number of nitrogens with zero attached hydrogens (tertiary/aromatic N) is 2. The molecule has 5 heteroatoms. The van der Waals surface area contributed by atoms with Crippen LogP contribution in [0, 0.1) is 0 Å². The molecule has 1 atom stereocenters. The van der Waals surface area contributed by atoms with E-state index in [0.717, 1.165) is 32.6 Å². The molecule has 3 nitrogen and oxygen atoms in total. The maximum absolute atomic E-state index is 12.6. The van der Waals surface area contributed by atoms with E-state index in [4.69, 9.17) is 0 Å². The first-order valence-corrected chi connectivity index (χ1v) is 10.2. The van der Waals surface area contributed by atoms with Gasteiger partial charge in [-0.05, 0) is 65.2 Å². The molecule has 0 saturated carbocycles. The van der Waals surface area contributed by atoms with Gasteiger partial charge >= 0.3 is 0 Å². The van der Waals surface area contributed by atoms with Crippen molar-refractivity contribution in [1.29, 1.82) is 0 Å². The topological polar surface area (TPSA) is 23.6 Å². The van der Waals surface area contributed by atoms with Gasteiger partial charge in [-0.3, -0.25) is 9.69 Å². The van der Waals surface area contributed by atoms with Crippen LogP contribution in [0.2, 0.25) is 0 Å². The average molecular weight is 347 g/mol. The lowest BCUT2D eigenvalue weighted by Gasteiger charge is -2.29. The van der Waals surface area contributed by atoms with Crippen LogP contribution in [0.4, 0.5) is 0 Å². The van der Waals surface area contributed by atoms with Gasteiger partial charge in [0.15, 0.2) is 0 Å². The average Bonchev–Trinajstić information content (AvgIpc) is 3.31. The van der Waals surface area contributed by atoms with E-state index < -0.39 is 0 Å². The lowest BCUT2D eigenvalue weighted by atomic mass is 10.1. The molecule has 0 spiro atoms. The molecule has 2 aliphatic rings. The van der Waals surface area contributed by atoms with Crippen LogP contribution in [0.5, 0.6) is 0 Å². The summed E-state index contributed by atoms with van der Waals surface area (Å²) in [5.41, 5.74) is 2.78. The number of carbonyl (C=O) groups is 1. The molecule has 23 heavy (non-hydrogen) atoms. The molecule has 2 aromatic rings.